The molecule has 1 atom stereocenters. The molecule has 2 N–H and O–H groups in total. The van der Waals surface area contributed by atoms with Crippen LogP contribution in [0.1, 0.15) is 39.0 Å². The summed E-state index contributed by atoms with van der Waals surface area (Å²) in [5.41, 5.74) is 0. The van der Waals surface area contributed by atoms with Crippen LogP contribution in [0.15, 0.2) is 12.4 Å². The lowest BCUT2D eigenvalue weighted by Crippen LogP contribution is -2.50. The number of nitrogens with zero attached hydrogens (tertiary/aromatic N) is 2. The summed E-state index contributed by atoms with van der Waals surface area (Å²) >= 11 is 1.66. The molecule has 0 saturated heterocycles. The number of hydrogen-bond acceptors (Lipinski definition) is 7. The van der Waals surface area contributed by atoms with Gasteiger partial charge in [0.1, 0.15) is 12.1 Å². The minimum atomic E-state index is -0.479. The van der Waals surface area contributed by atoms with Crippen LogP contribution in [-0.4, -0.2) is 59.1 Å². The third-order valence-corrected chi connectivity index (χ3v) is 5.07. The van der Waals surface area contributed by atoms with Crippen molar-refractivity contribution in [3.63, 3.8) is 0 Å². The monoisotopic (exact) mass is 396 g/mol. The second kappa shape index (κ2) is 11.0. The molecule has 150 valence electrons. The van der Waals surface area contributed by atoms with Crippen molar-refractivity contribution < 1.29 is 19.1 Å². The van der Waals surface area contributed by atoms with E-state index in [4.69, 9.17) is 9.47 Å². The van der Waals surface area contributed by atoms with Gasteiger partial charge < -0.3 is 20.1 Å². The topological polar surface area (TPSA) is 102 Å². The Labute approximate surface area is 164 Å². The summed E-state index contributed by atoms with van der Waals surface area (Å²) in [6.45, 7) is 1.43. The predicted octanol–water partition coefficient (Wildman–Crippen LogP) is 1.55. The van der Waals surface area contributed by atoms with Crippen molar-refractivity contribution in [2.24, 2.45) is 0 Å². The number of hydrogen-bond donors (Lipinski definition) is 2. The Morgan fingerprint density at radius 1 is 1.22 bits per heavy atom. The van der Waals surface area contributed by atoms with Crippen LogP contribution >= 0.6 is 11.8 Å². The van der Waals surface area contributed by atoms with E-state index in [1.807, 2.05) is 6.26 Å². The van der Waals surface area contributed by atoms with Crippen molar-refractivity contribution in [3.05, 3.63) is 12.4 Å². The van der Waals surface area contributed by atoms with Crippen LogP contribution < -0.4 is 20.1 Å². The van der Waals surface area contributed by atoms with Gasteiger partial charge in [-0.2, -0.15) is 11.8 Å². The maximum absolute atomic E-state index is 12.5. The molecule has 1 saturated carbocycles. The summed E-state index contributed by atoms with van der Waals surface area (Å²) in [4.78, 5) is 32.1. The van der Waals surface area contributed by atoms with Gasteiger partial charge in [-0.3, -0.25) is 9.59 Å². The molecule has 27 heavy (non-hydrogen) atoms. The molecule has 1 aromatic heterocycles. The van der Waals surface area contributed by atoms with E-state index in [1.165, 1.54) is 14.0 Å². The Kier molecular flexibility index (Phi) is 8.63. The maximum Gasteiger partial charge on any atom is 0.278 e. The average Bonchev–Trinajstić information content (AvgIpc) is 2.66. The van der Waals surface area contributed by atoms with Gasteiger partial charge in [-0.05, 0) is 44.1 Å². The fourth-order valence-electron chi connectivity index (χ4n) is 3.07. The molecule has 9 heteroatoms. The quantitative estimate of drug-likeness (QED) is 0.653. The molecule has 0 aromatic carbocycles. The first-order chi connectivity index (χ1) is 13.0. The lowest BCUT2D eigenvalue weighted by Gasteiger charge is -2.30. The number of nitrogens with one attached hydrogen (secondary N) is 2. The molecule has 8 nitrogen and oxygen atoms in total. The summed E-state index contributed by atoms with van der Waals surface area (Å²) < 4.78 is 11.1. The largest absolute Gasteiger partial charge is 0.477 e. The van der Waals surface area contributed by atoms with Crippen molar-refractivity contribution in [1.29, 1.82) is 0 Å². The molecule has 0 aliphatic heterocycles. The van der Waals surface area contributed by atoms with E-state index in [-0.39, 0.29) is 24.0 Å². The lowest BCUT2D eigenvalue weighted by molar-refractivity contribution is -0.128. The van der Waals surface area contributed by atoms with Gasteiger partial charge in [0.2, 0.25) is 11.8 Å². The average molecular weight is 397 g/mol. The highest BCUT2D eigenvalue weighted by Crippen LogP contribution is 2.27. The third-order valence-electron chi connectivity index (χ3n) is 4.43. The molecule has 1 aliphatic rings. The second-order valence-electron chi connectivity index (χ2n) is 6.51. The molecule has 1 aliphatic carbocycles. The highest BCUT2D eigenvalue weighted by molar-refractivity contribution is 7.98. The highest BCUT2D eigenvalue weighted by atomic mass is 32.2. The normalized spacial score (nSPS) is 20.4. The van der Waals surface area contributed by atoms with E-state index < -0.39 is 6.04 Å². The van der Waals surface area contributed by atoms with Gasteiger partial charge in [-0.1, -0.05) is 0 Å². The summed E-state index contributed by atoms with van der Waals surface area (Å²) in [5, 5.41) is 5.81. The Balaban J connectivity index is 1.82. The number of carbonyl (C=O) groups excluding carboxylic acids is 2. The molecule has 1 aromatic rings. The van der Waals surface area contributed by atoms with Crippen LogP contribution in [-0.2, 0) is 9.59 Å². The maximum atomic E-state index is 12.5. The van der Waals surface area contributed by atoms with E-state index in [0.717, 1.165) is 31.4 Å². The number of ether oxygens (including phenoxy) is 2. The van der Waals surface area contributed by atoms with Crippen LogP contribution in [0.25, 0.3) is 0 Å². The lowest BCUT2D eigenvalue weighted by atomic mass is 9.92. The van der Waals surface area contributed by atoms with Gasteiger partial charge in [0.15, 0.2) is 0 Å². The second-order valence-corrected chi connectivity index (χ2v) is 7.49. The molecule has 1 heterocycles. The zero-order chi connectivity index (χ0) is 19.6. The van der Waals surface area contributed by atoms with Crippen molar-refractivity contribution in [2.75, 3.05) is 19.1 Å². The van der Waals surface area contributed by atoms with E-state index in [1.54, 1.807) is 24.2 Å². The number of carbonyl (C=O) groups is 2. The molecule has 0 spiro atoms. The number of rotatable bonds is 9. The summed E-state index contributed by atoms with van der Waals surface area (Å²) in [6, 6.07) is -0.389. The van der Waals surface area contributed by atoms with Crippen LogP contribution in [0.3, 0.4) is 0 Å². The molecule has 2 rings (SSSR count). The fourth-order valence-corrected chi connectivity index (χ4v) is 3.54. The number of amides is 2. The number of thioether (sulfide) groups is 1. The third kappa shape index (κ3) is 6.89. The van der Waals surface area contributed by atoms with Crippen molar-refractivity contribution >= 4 is 23.6 Å². The van der Waals surface area contributed by atoms with E-state index in [2.05, 4.69) is 20.6 Å². The van der Waals surface area contributed by atoms with Crippen molar-refractivity contribution in [1.82, 2.24) is 20.6 Å². The molecule has 0 bridgehead atoms. The van der Waals surface area contributed by atoms with Gasteiger partial charge in [0.25, 0.3) is 11.8 Å². The highest BCUT2D eigenvalue weighted by Gasteiger charge is 2.27. The first kappa shape index (κ1) is 21.3. The molecular formula is C18H28N4O4S. The van der Waals surface area contributed by atoms with E-state index in [9.17, 15) is 9.59 Å². The first-order valence-corrected chi connectivity index (χ1v) is 10.5. The van der Waals surface area contributed by atoms with Crippen LogP contribution in [0.2, 0.25) is 0 Å². The first-order valence-electron chi connectivity index (χ1n) is 9.11. The molecule has 0 radical (unpaired) electrons. The number of aromatic nitrogens is 2. The number of methoxy groups -OCH3 is 1. The fraction of sp³-hybridized carbons (Fsp3) is 0.667. The predicted molar refractivity (Wildman–Crippen MR) is 104 cm³/mol. The molecule has 1 fully saturated rings. The Morgan fingerprint density at radius 2 is 1.89 bits per heavy atom. The van der Waals surface area contributed by atoms with Crippen LogP contribution in [0.5, 0.6) is 11.8 Å². The smallest absolute Gasteiger partial charge is 0.278 e. The SMILES string of the molecule is COc1nccnc1OC1CCC(NC(=O)C(CCSC)NC(C)=O)CC1. The van der Waals surface area contributed by atoms with E-state index >= 15 is 0 Å². The standard InChI is InChI=1S/C18H28N4O4S/c1-12(23)21-15(8-11-27-3)16(24)22-13-4-6-14(7-5-13)26-18-17(25-2)19-9-10-20-18/h9-10,13-15H,4-8,11H2,1-3H3,(H,21,23)(H,22,24). The summed E-state index contributed by atoms with van der Waals surface area (Å²) in [5.74, 6) is 1.29. The zero-order valence-corrected chi connectivity index (χ0v) is 16.9. The summed E-state index contributed by atoms with van der Waals surface area (Å²) in [6.07, 6.45) is 8.99. The minimum absolute atomic E-state index is 0.0198. The van der Waals surface area contributed by atoms with Gasteiger partial charge in [0.05, 0.1) is 7.11 Å². The van der Waals surface area contributed by atoms with Crippen LogP contribution in [0.4, 0.5) is 0 Å². The van der Waals surface area contributed by atoms with Gasteiger partial charge in [0, 0.05) is 25.4 Å². The molecular weight excluding hydrogens is 368 g/mol. The molecule has 1 unspecified atom stereocenters. The molecule has 2 amide bonds. The minimum Gasteiger partial charge on any atom is -0.477 e. The summed E-state index contributed by atoms with van der Waals surface area (Å²) in [7, 11) is 1.53. The van der Waals surface area contributed by atoms with Crippen molar-refractivity contribution in [2.45, 2.75) is 57.2 Å². The van der Waals surface area contributed by atoms with Gasteiger partial charge in [-0.25, -0.2) is 9.97 Å². The van der Waals surface area contributed by atoms with E-state index in [0.29, 0.717) is 18.2 Å². The zero-order valence-electron chi connectivity index (χ0n) is 16.1. The van der Waals surface area contributed by atoms with Crippen LogP contribution in [0, 0.1) is 0 Å². The Morgan fingerprint density at radius 3 is 2.48 bits per heavy atom. The van der Waals surface area contributed by atoms with Gasteiger partial charge >= 0.3 is 0 Å². The van der Waals surface area contributed by atoms with Crippen molar-refractivity contribution in [3.8, 4) is 11.8 Å². The van der Waals surface area contributed by atoms with Gasteiger partial charge in [-0.15, -0.1) is 0 Å². The Bertz CT molecular complexity index is 623. The Hall–Kier alpha value is -2.03.